The van der Waals surface area contributed by atoms with E-state index in [1.165, 1.54) is 17.0 Å². The third-order valence-electron chi connectivity index (χ3n) is 4.50. The molecule has 0 unspecified atom stereocenters. The molecule has 2 amide bonds. The molecule has 138 valence electrons. The van der Waals surface area contributed by atoms with Crippen LogP contribution in [0.4, 0.5) is 10.1 Å². The maximum Gasteiger partial charge on any atom is 0.260 e. The van der Waals surface area contributed by atoms with E-state index in [0.29, 0.717) is 18.8 Å². The van der Waals surface area contributed by atoms with Crippen molar-refractivity contribution in [2.24, 2.45) is 5.92 Å². The van der Waals surface area contributed by atoms with Gasteiger partial charge in [-0.3, -0.25) is 14.7 Å². The van der Waals surface area contributed by atoms with E-state index in [2.05, 4.69) is 15.5 Å². The molecule has 8 heteroatoms. The first-order valence-electron chi connectivity index (χ1n) is 8.49. The predicted molar refractivity (Wildman–Crippen MR) is 96.7 cm³/mol. The Balaban J connectivity index is 1.26. The molecule has 2 aromatic carbocycles. The Morgan fingerprint density at radius 2 is 2.07 bits per heavy atom. The van der Waals surface area contributed by atoms with Crippen molar-refractivity contribution in [2.75, 3.05) is 25.0 Å². The topological polar surface area (TPSA) is 87.3 Å². The summed E-state index contributed by atoms with van der Waals surface area (Å²) >= 11 is 0. The Kier molecular flexibility index (Phi) is 4.45. The molecule has 0 bridgehead atoms. The summed E-state index contributed by atoms with van der Waals surface area (Å²) in [5, 5.41) is 10.6. The fourth-order valence-electron chi connectivity index (χ4n) is 2.90. The van der Waals surface area contributed by atoms with Crippen LogP contribution < -0.4 is 10.1 Å². The molecule has 1 fully saturated rings. The monoisotopic (exact) mass is 368 g/mol. The lowest BCUT2D eigenvalue weighted by atomic mass is 9.99. The number of para-hydroxylation sites is 1. The standard InChI is InChI=1S/C19H17FN4O3/c20-15-3-1-2-4-17(15)27-11-18(25)24-9-13(10-24)19(26)22-14-6-5-12-8-21-23-16(12)7-14/h1-8,13H,9-11H2,(H,21,23)(H,22,26). The van der Waals surface area contributed by atoms with Gasteiger partial charge in [-0.15, -0.1) is 0 Å². The molecule has 1 aliphatic heterocycles. The number of nitrogens with zero attached hydrogens (tertiary/aromatic N) is 2. The minimum absolute atomic E-state index is 0.0369. The Labute approximate surface area is 154 Å². The number of nitrogens with one attached hydrogen (secondary N) is 2. The van der Waals surface area contributed by atoms with Crippen LogP contribution >= 0.6 is 0 Å². The van der Waals surface area contributed by atoms with E-state index in [4.69, 9.17) is 4.74 Å². The summed E-state index contributed by atoms with van der Waals surface area (Å²) in [5.41, 5.74) is 1.51. The van der Waals surface area contributed by atoms with Gasteiger partial charge in [0, 0.05) is 24.2 Å². The van der Waals surface area contributed by atoms with Gasteiger partial charge in [0.05, 0.1) is 17.6 Å². The summed E-state index contributed by atoms with van der Waals surface area (Å²) in [6.07, 6.45) is 1.71. The minimum Gasteiger partial charge on any atom is -0.481 e. The zero-order valence-corrected chi connectivity index (χ0v) is 14.3. The van der Waals surface area contributed by atoms with Crippen LogP contribution in [0.2, 0.25) is 0 Å². The molecule has 0 atom stereocenters. The average molecular weight is 368 g/mol. The van der Waals surface area contributed by atoms with Crippen LogP contribution in [0, 0.1) is 11.7 Å². The number of amides is 2. The first-order chi connectivity index (χ1) is 13.1. The molecule has 3 aromatic rings. The van der Waals surface area contributed by atoms with E-state index >= 15 is 0 Å². The van der Waals surface area contributed by atoms with Gasteiger partial charge in [0.2, 0.25) is 5.91 Å². The molecule has 1 aliphatic rings. The molecule has 27 heavy (non-hydrogen) atoms. The van der Waals surface area contributed by atoms with Gasteiger partial charge in [0.1, 0.15) is 0 Å². The molecule has 0 saturated carbocycles. The predicted octanol–water partition coefficient (Wildman–Crippen LogP) is 2.18. The molecule has 4 rings (SSSR count). The Bertz CT molecular complexity index is 997. The molecule has 0 spiro atoms. The van der Waals surface area contributed by atoms with Gasteiger partial charge in [-0.05, 0) is 30.3 Å². The fraction of sp³-hybridized carbons (Fsp3) is 0.211. The summed E-state index contributed by atoms with van der Waals surface area (Å²) in [5.74, 6) is -1.18. The molecule has 2 N–H and O–H groups in total. The number of aromatic nitrogens is 2. The molecular formula is C19H17FN4O3. The van der Waals surface area contributed by atoms with Crippen LogP contribution in [0.1, 0.15) is 0 Å². The Morgan fingerprint density at radius 1 is 1.26 bits per heavy atom. The van der Waals surface area contributed by atoms with E-state index in [-0.39, 0.29) is 30.1 Å². The van der Waals surface area contributed by atoms with Crippen molar-refractivity contribution < 1.29 is 18.7 Å². The number of ether oxygens (including phenoxy) is 1. The second-order valence-electron chi connectivity index (χ2n) is 6.38. The van der Waals surface area contributed by atoms with E-state index in [9.17, 15) is 14.0 Å². The summed E-state index contributed by atoms with van der Waals surface area (Å²) in [7, 11) is 0. The van der Waals surface area contributed by atoms with Crippen molar-refractivity contribution in [1.29, 1.82) is 0 Å². The quantitative estimate of drug-likeness (QED) is 0.723. The van der Waals surface area contributed by atoms with Gasteiger partial charge in [-0.1, -0.05) is 12.1 Å². The van der Waals surface area contributed by atoms with Crippen LogP contribution in [-0.2, 0) is 9.59 Å². The lowest BCUT2D eigenvalue weighted by Gasteiger charge is -2.38. The van der Waals surface area contributed by atoms with Crippen molar-refractivity contribution in [3.8, 4) is 5.75 Å². The lowest BCUT2D eigenvalue weighted by Crippen LogP contribution is -2.55. The summed E-state index contributed by atoms with van der Waals surface area (Å²) < 4.78 is 18.7. The SMILES string of the molecule is O=C(Nc1ccc2cn[nH]c2c1)C1CN(C(=O)COc2ccccc2F)C1. The lowest BCUT2D eigenvalue weighted by molar-refractivity contribution is -0.143. The van der Waals surface area contributed by atoms with Crippen LogP contribution in [0.3, 0.4) is 0 Å². The largest absolute Gasteiger partial charge is 0.481 e. The van der Waals surface area contributed by atoms with Crippen molar-refractivity contribution in [3.63, 3.8) is 0 Å². The number of aromatic amines is 1. The van der Waals surface area contributed by atoms with Gasteiger partial charge in [0.15, 0.2) is 18.2 Å². The van der Waals surface area contributed by atoms with Gasteiger partial charge >= 0.3 is 0 Å². The zero-order valence-electron chi connectivity index (χ0n) is 14.3. The Hall–Kier alpha value is -3.42. The fourth-order valence-corrected chi connectivity index (χ4v) is 2.90. The number of halogens is 1. The van der Waals surface area contributed by atoms with Crippen molar-refractivity contribution in [2.45, 2.75) is 0 Å². The minimum atomic E-state index is -0.514. The number of H-pyrrole nitrogens is 1. The molecule has 1 saturated heterocycles. The number of hydrogen-bond acceptors (Lipinski definition) is 4. The normalized spacial score (nSPS) is 14.0. The van der Waals surface area contributed by atoms with Gasteiger partial charge in [0.25, 0.3) is 5.91 Å². The summed E-state index contributed by atoms with van der Waals surface area (Å²) in [4.78, 5) is 25.9. The molecule has 7 nitrogen and oxygen atoms in total. The number of hydrogen-bond donors (Lipinski definition) is 2. The smallest absolute Gasteiger partial charge is 0.260 e. The van der Waals surface area contributed by atoms with Crippen LogP contribution in [0.25, 0.3) is 10.9 Å². The van der Waals surface area contributed by atoms with Crippen LogP contribution in [-0.4, -0.2) is 46.6 Å². The number of benzene rings is 2. The average Bonchev–Trinajstić information content (AvgIpc) is 3.07. The van der Waals surface area contributed by atoms with Crippen molar-refractivity contribution in [1.82, 2.24) is 15.1 Å². The molecular weight excluding hydrogens is 351 g/mol. The highest BCUT2D eigenvalue weighted by molar-refractivity contribution is 5.96. The van der Waals surface area contributed by atoms with Crippen LogP contribution in [0.5, 0.6) is 5.75 Å². The molecule has 0 aliphatic carbocycles. The highest BCUT2D eigenvalue weighted by Gasteiger charge is 2.35. The Morgan fingerprint density at radius 3 is 2.89 bits per heavy atom. The van der Waals surface area contributed by atoms with Crippen molar-refractivity contribution in [3.05, 3.63) is 54.5 Å². The number of rotatable bonds is 5. The summed E-state index contributed by atoms with van der Waals surface area (Å²) in [6.45, 7) is 0.376. The van der Waals surface area contributed by atoms with E-state index < -0.39 is 5.82 Å². The van der Waals surface area contributed by atoms with E-state index in [0.717, 1.165) is 10.9 Å². The number of anilines is 1. The van der Waals surface area contributed by atoms with E-state index in [1.54, 1.807) is 24.4 Å². The first kappa shape index (κ1) is 17.0. The molecule has 0 radical (unpaired) electrons. The number of fused-ring (bicyclic) bond motifs is 1. The second-order valence-corrected chi connectivity index (χ2v) is 6.38. The third-order valence-corrected chi connectivity index (χ3v) is 4.50. The number of likely N-dealkylation sites (tertiary alicyclic amines) is 1. The number of carbonyl (C=O) groups excluding carboxylic acids is 2. The molecule has 1 aromatic heterocycles. The maximum atomic E-state index is 13.5. The van der Waals surface area contributed by atoms with Crippen LogP contribution in [0.15, 0.2) is 48.7 Å². The highest BCUT2D eigenvalue weighted by Crippen LogP contribution is 2.21. The number of carbonyl (C=O) groups is 2. The second kappa shape index (κ2) is 7.06. The van der Waals surface area contributed by atoms with Gasteiger partial charge < -0.3 is 15.0 Å². The summed E-state index contributed by atoms with van der Waals surface area (Å²) in [6, 6.07) is 11.4. The van der Waals surface area contributed by atoms with Gasteiger partial charge in [-0.2, -0.15) is 5.10 Å². The maximum absolute atomic E-state index is 13.5. The van der Waals surface area contributed by atoms with E-state index in [1.807, 2.05) is 12.1 Å². The van der Waals surface area contributed by atoms with Crippen molar-refractivity contribution >= 4 is 28.4 Å². The third kappa shape index (κ3) is 3.59. The molecule has 2 heterocycles. The first-order valence-corrected chi connectivity index (χ1v) is 8.49. The van der Waals surface area contributed by atoms with Gasteiger partial charge in [-0.25, -0.2) is 4.39 Å². The zero-order chi connectivity index (χ0) is 18.8. The highest BCUT2D eigenvalue weighted by atomic mass is 19.1.